The number of alkyl halides is 3. The highest BCUT2D eigenvalue weighted by atomic mass is 35.5. The monoisotopic (exact) mass is 420 g/mol. The van der Waals surface area contributed by atoms with E-state index < -0.39 is 23.7 Å². The van der Waals surface area contributed by atoms with E-state index in [0.717, 1.165) is 17.3 Å². The second-order valence-corrected chi connectivity index (χ2v) is 8.43. The summed E-state index contributed by atoms with van der Waals surface area (Å²) >= 11 is 7.19. The zero-order valence-electron chi connectivity index (χ0n) is 14.7. The van der Waals surface area contributed by atoms with Gasteiger partial charge in [-0.3, -0.25) is 4.79 Å². The van der Waals surface area contributed by atoms with Crippen molar-refractivity contribution in [2.45, 2.75) is 43.8 Å². The molecular formula is C18H20ClF3N2O2S. The molecule has 4 nitrogen and oxygen atoms in total. The second kappa shape index (κ2) is 7.64. The number of amides is 1. The number of hydrogen-bond donors (Lipinski definition) is 1. The Morgan fingerprint density at radius 2 is 2.15 bits per heavy atom. The highest BCUT2D eigenvalue weighted by Crippen LogP contribution is 2.49. The van der Waals surface area contributed by atoms with Crippen LogP contribution in [0.3, 0.4) is 0 Å². The molecule has 0 saturated heterocycles. The fraction of sp³-hybridized carbons (Fsp3) is 0.556. The van der Waals surface area contributed by atoms with E-state index in [9.17, 15) is 23.1 Å². The maximum Gasteiger partial charge on any atom is 0.439 e. The predicted molar refractivity (Wildman–Crippen MR) is 99.4 cm³/mol. The summed E-state index contributed by atoms with van der Waals surface area (Å²) in [6, 6.07) is 7.07. The Bertz CT molecular complexity index is 758. The molecule has 1 aromatic rings. The molecule has 1 aliphatic heterocycles. The Kier molecular flexibility index (Phi) is 5.80. The number of aliphatic hydroxyl groups is 1. The van der Waals surface area contributed by atoms with Crippen molar-refractivity contribution in [1.82, 2.24) is 5.01 Å². The maximum atomic E-state index is 13.8. The van der Waals surface area contributed by atoms with Gasteiger partial charge in [-0.05, 0) is 36.8 Å². The van der Waals surface area contributed by atoms with E-state index in [2.05, 4.69) is 5.10 Å². The number of fused-ring (bicyclic) bond motifs is 1. The smallest absolute Gasteiger partial charge is 0.362 e. The SMILES string of the molecule is C[C@@H]1CCC2=NN(C(=O)CSCc3ccccc3Cl)[C@@](O)(C(F)(F)F)[C@@H]2C1. The highest BCUT2D eigenvalue weighted by molar-refractivity contribution is 7.99. The van der Waals surface area contributed by atoms with Crippen LogP contribution in [-0.2, 0) is 10.5 Å². The number of benzene rings is 1. The number of carbonyl (C=O) groups is 1. The summed E-state index contributed by atoms with van der Waals surface area (Å²) < 4.78 is 41.3. The summed E-state index contributed by atoms with van der Waals surface area (Å²) in [4.78, 5) is 12.5. The molecule has 1 heterocycles. The zero-order chi connectivity index (χ0) is 19.8. The normalized spacial score (nSPS) is 28.1. The van der Waals surface area contributed by atoms with Crippen molar-refractivity contribution in [3.05, 3.63) is 34.9 Å². The largest absolute Gasteiger partial charge is 0.439 e. The van der Waals surface area contributed by atoms with Crippen molar-refractivity contribution in [3.63, 3.8) is 0 Å². The average Bonchev–Trinajstić information content (AvgIpc) is 2.90. The maximum absolute atomic E-state index is 13.8. The van der Waals surface area contributed by atoms with Crippen molar-refractivity contribution in [2.24, 2.45) is 16.9 Å². The van der Waals surface area contributed by atoms with E-state index in [0.29, 0.717) is 23.6 Å². The van der Waals surface area contributed by atoms with Gasteiger partial charge in [0, 0.05) is 16.5 Å². The Hall–Kier alpha value is -1.25. The van der Waals surface area contributed by atoms with Gasteiger partial charge in [0.05, 0.1) is 11.7 Å². The molecule has 1 fully saturated rings. The van der Waals surface area contributed by atoms with Gasteiger partial charge in [-0.1, -0.05) is 36.7 Å². The summed E-state index contributed by atoms with van der Waals surface area (Å²) in [6.45, 7) is 1.84. The molecule has 0 unspecified atom stereocenters. The molecule has 1 aliphatic carbocycles. The molecular weight excluding hydrogens is 401 g/mol. The number of halogens is 4. The van der Waals surface area contributed by atoms with E-state index in [1.807, 2.05) is 6.92 Å². The number of rotatable bonds is 4. The van der Waals surface area contributed by atoms with Crippen molar-refractivity contribution in [1.29, 1.82) is 0 Å². The number of nitrogens with zero attached hydrogens (tertiary/aromatic N) is 2. The Morgan fingerprint density at radius 1 is 1.44 bits per heavy atom. The molecule has 0 radical (unpaired) electrons. The van der Waals surface area contributed by atoms with Gasteiger partial charge in [0.15, 0.2) is 0 Å². The van der Waals surface area contributed by atoms with Crippen LogP contribution in [0.4, 0.5) is 13.2 Å². The van der Waals surface area contributed by atoms with Gasteiger partial charge in [0.1, 0.15) is 0 Å². The van der Waals surface area contributed by atoms with E-state index in [1.165, 1.54) is 0 Å². The third-order valence-corrected chi connectivity index (χ3v) is 6.40. The van der Waals surface area contributed by atoms with Crippen LogP contribution in [0, 0.1) is 11.8 Å². The minimum Gasteiger partial charge on any atom is -0.362 e. The van der Waals surface area contributed by atoms with Crippen molar-refractivity contribution in [3.8, 4) is 0 Å². The van der Waals surface area contributed by atoms with E-state index in [4.69, 9.17) is 11.6 Å². The van der Waals surface area contributed by atoms with Crippen LogP contribution in [0.5, 0.6) is 0 Å². The quantitative estimate of drug-likeness (QED) is 0.782. The van der Waals surface area contributed by atoms with E-state index in [-0.39, 0.29) is 28.8 Å². The lowest BCUT2D eigenvalue weighted by Crippen LogP contribution is -2.62. The lowest BCUT2D eigenvalue weighted by atomic mass is 9.76. The van der Waals surface area contributed by atoms with Crippen LogP contribution in [0.1, 0.15) is 31.7 Å². The fourth-order valence-electron chi connectivity index (χ4n) is 3.58. The Morgan fingerprint density at radius 3 is 2.81 bits per heavy atom. The fourth-order valence-corrected chi connectivity index (χ4v) is 4.73. The lowest BCUT2D eigenvalue weighted by molar-refractivity contribution is -0.317. The summed E-state index contributed by atoms with van der Waals surface area (Å²) in [5, 5.41) is 15.3. The molecule has 148 valence electrons. The van der Waals surface area contributed by atoms with Gasteiger partial charge < -0.3 is 5.11 Å². The number of carbonyl (C=O) groups excluding carboxylic acids is 1. The van der Waals surface area contributed by atoms with Gasteiger partial charge in [0.25, 0.3) is 11.6 Å². The lowest BCUT2D eigenvalue weighted by Gasteiger charge is -2.39. The van der Waals surface area contributed by atoms with Crippen LogP contribution in [-0.4, -0.2) is 39.4 Å². The van der Waals surface area contributed by atoms with E-state index in [1.54, 1.807) is 24.3 Å². The Labute approximate surface area is 164 Å². The molecule has 0 spiro atoms. The van der Waals surface area contributed by atoms with Crippen LogP contribution < -0.4 is 0 Å². The second-order valence-electron chi connectivity index (χ2n) is 7.04. The third kappa shape index (κ3) is 3.84. The third-order valence-electron chi connectivity index (χ3n) is 5.07. The van der Waals surface area contributed by atoms with Crippen molar-refractivity contribution in [2.75, 3.05) is 5.75 Å². The molecule has 0 aromatic heterocycles. The first kappa shape index (κ1) is 20.5. The molecule has 27 heavy (non-hydrogen) atoms. The minimum absolute atomic E-state index is 0.0347. The first-order chi connectivity index (χ1) is 12.6. The van der Waals surface area contributed by atoms with Crippen LogP contribution in [0.15, 0.2) is 29.4 Å². The summed E-state index contributed by atoms with van der Waals surface area (Å²) in [7, 11) is 0. The molecule has 3 atom stereocenters. The minimum atomic E-state index is -4.98. The van der Waals surface area contributed by atoms with Gasteiger partial charge >= 0.3 is 6.18 Å². The molecule has 1 N–H and O–H groups in total. The van der Waals surface area contributed by atoms with Crippen molar-refractivity contribution >= 4 is 35.0 Å². The molecule has 9 heteroatoms. The van der Waals surface area contributed by atoms with Gasteiger partial charge in [-0.2, -0.15) is 23.3 Å². The Balaban J connectivity index is 1.74. The topological polar surface area (TPSA) is 52.9 Å². The number of hydrazone groups is 1. The molecule has 2 aliphatic rings. The van der Waals surface area contributed by atoms with Crippen LogP contribution >= 0.6 is 23.4 Å². The molecule has 0 bridgehead atoms. The standard InChI is InChI=1S/C18H20ClF3N2O2S/c1-11-6-7-15-13(8-11)17(26,18(20,21)22)24(23-15)16(25)10-27-9-12-4-2-3-5-14(12)19/h2-5,11,13,26H,6-10H2,1H3/t11-,13-,17+/m1/s1. The molecule has 3 rings (SSSR count). The first-order valence-corrected chi connectivity index (χ1v) is 10.2. The van der Waals surface area contributed by atoms with Crippen LogP contribution in [0.2, 0.25) is 5.02 Å². The molecule has 1 saturated carbocycles. The number of thioether (sulfide) groups is 1. The van der Waals surface area contributed by atoms with Gasteiger partial charge in [-0.15, -0.1) is 11.8 Å². The average molecular weight is 421 g/mol. The van der Waals surface area contributed by atoms with Gasteiger partial charge in [-0.25, -0.2) is 0 Å². The highest BCUT2D eigenvalue weighted by Gasteiger charge is 2.68. The van der Waals surface area contributed by atoms with Gasteiger partial charge in [0.2, 0.25) is 0 Å². The predicted octanol–water partition coefficient (Wildman–Crippen LogP) is 4.46. The first-order valence-electron chi connectivity index (χ1n) is 8.65. The van der Waals surface area contributed by atoms with Crippen molar-refractivity contribution < 1.29 is 23.1 Å². The van der Waals surface area contributed by atoms with Crippen LogP contribution in [0.25, 0.3) is 0 Å². The summed E-state index contributed by atoms with van der Waals surface area (Å²) in [6.07, 6.45) is -3.76. The molecule has 1 amide bonds. The van der Waals surface area contributed by atoms with E-state index >= 15 is 0 Å². The zero-order valence-corrected chi connectivity index (χ0v) is 16.2. The summed E-state index contributed by atoms with van der Waals surface area (Å²) in [5.74, 6) is -1.88. The number of hydrogen-bond acceptors (Lipinski definition) is 4. The summed E-state index contributed by atoms with van der Waals surface area (Å²) in [5.41, 5.74) is -2.21. The molecule has 1 aromatic carbocycles.